The lowest BCUT2D eigenvalue weighted by Crippen LogP contribution is -2.18. The van der Waals surface area contributed by atoms with Gasteiger partial charge in [0.25, 0.3) is 5.91 Å². The van der Waals surface area contributed by atoms with Crippen LogP contribution in [-0.2, 0) is 4.74 Å². The van der Waals surface area contributed by atoms with E-state index in [-0.39, 0.29) is 5.91 Å². The molecule has 0 aromatic heterocycles. The largest absolute Gasteiger partial charge is 0.398 e. The van der Waals surface area contributed by atoms with Gasteiger partial charge in [-0.15, -0.1) is 11.8 Å². The van der Waals surface area contributed by atoms with Crippen LogP contribution in [0.3, 0.4) is 0 Å². The van der Waals surface area contributed by atoms with E-state index in [2.05, 4.69) is 5.32 Å². The topological polar surface area (TPSA) is 64.3 Å². The average molecular weight is 266 g/mol. The summed E-state index contributed by atoms with van der Waals surface area (Å²) in [6.07, 6.45) is 2.11. The molecule has 0 radical (unpaired) electrons. The van der Waals surface area contributed by atoms with Gasteiger partial charge < -0.3 is 15.8 Å². The minimum absolute atomic E-state index is 0.107. The van der Waals surface area contributed by atoms with Crippen molar-refractivity contribution >= 4 is 23.4 Å². The standard InChI is InChI=1S/C13H18N2O2S/c1-15-13(16)9-2-3-12(11(14)8-9)18-10-4-6-17-7-5-10/h2-3,8,10H,4-7,14H2,1H3,(H,15,16). The summed E-state index contributed by atoms with van der Waals surface area (Å²) >= 11 is 1.78. The summed E-state index contributed by atoms with van der Waals surface area (Å²) in [6.45, 7) is 1.65. The van der Waals surface area contributed by atoms with Crippen molar-refractivity contribution in [3.63, 3.8) is 0 Å². The molecule has 0 unspecified atom stereocenters. The van der Waals surface area contributed by atoms with E-state index in [4.69, 9.17) is 10.5 Å². The minimum atomic E-state index is -0.107. The number of ether oxygens (including phenoxy) is 1. The summed E-state index contributed by atoms with van der Waals surface area (Å²) in [5.74, 6) is -0.107. The van der Waals surface area contributed by atoms with Crippen LogP contribution < -0.4 is 11.1 Å². The number of carbonyl (C=O) groups is 1. The average Bonchev–Trinajstić information content (AvgIpc) is 2.41. The number of amides is 1. The van der Waals surface area contributed by atoms with Crippen LogP contribution in [0.15, 0.2) is 23.1 Å². The molecule has 1 amide bonds. The van der Waals surface area contributed by atoms with Crippen LogP contribution in [0.1, 0.15) is 23.2 Å². The first-order chi connectivity index (χ1) is 8.70. The summed E-state index contributed by atoms with van der Waals surface area (Å²) in [7, 11) is 1.61. The molecular weight excluding hydrogens is 248 g/mol. The third-order valence-corrected chi connectivity index (χ3v) is 4.39. The van der Waals surface area contributed by atoms with E-state index in [9.17, 15) is 4.79 Å². The number of thioether (sulfide) groups is 1. The molecule has 5 heteroatoms. The quantitative estimate of drug-likeness (QED) is 0.820. The van der Waals surface area contributed by atoms with Gasteiger partial charge in [0.2, 0.25) is 0 Å². The number of hydrogen-bond donors (Lipinski definition) is 2. The number of benzene rings is 1. The molecule has 1 aromatic rings. The van der Waals surface area contributed by atoms with Crippen molar-refractivity contribution in [2.24, 2.45) is 0 Å². The summed E-state index contributed by atoms with van der Waals surface area (Å²) in [5, 5.41) is 3.15. The first-order valence-electron chi connectivity index (χ1n) is 6.06. The zero-order valence-corrected chi connectivity index (χ0v) is 11.3. The van der Waals surface area contributed by atoms with E-state index < -0.39 is 0 Å². The molecule has 0 spiro atoms. The van der Waals surface area contributed by atoms with E-state index in [0.717, 1.165) is 31.0 Å². The molecule has 2 rings (SSSR count). The molecule has 18 heavy (non-hydrogen) atoms. The molecule has 3 N–H and O–H groups in total. The lowest BCUT2D eigenvalue weighted by Gasteiger charge is -2.22. The van der Waals surface area contributed by atoms with Gasteiger partial charge in [-0.05, 0) is 31.0 Å². The lowest BCUT2D eigenvalue weighted by molar-refractivity contribution is 0.0963. The van der Waals surface area contributed by atoms with Crippen LogP contribution >= 0.6 is 11.8 Å². The predicted molar refractivity (Wildman–Crippen MR) is 73.9 cm³/mol. The molecule has 0 atom stereocenters. The minimum Gasteiger partial charge on any atom is -0.398 e. The molecule has 1 saturated heterocycles. The van der Waals surface area contributed by atoms with Crippen LogP contribution in [-0.4, -0.2) is 31.4 Å². The van der Waals surface area contributed by atoms with E-state index in [1.54, 1.807) is 24.9 Å². The molecule has 1 heterocycles. The summed E-state index contributed by atoms with van der Waals surface area (Å²) in [5.41, 5.74) is 7.28. The Morgan fingerprint density at radius 1 is 1.44 bits per heavy atom. The fourth-order valence-electron chi connectivity index (χ4n) is 1.91. The zero-order valence-electron chi connectivity index (χ0n) is 10.4. The van der Waals surface area contributed by atoms with Crippen LogP contribution in [0, 0.1) is 0 Å². The number of nitrogen functional groups attached to an aromatic ring is 1. The Hall–Kier alpha value is -1.20. The Balaban J connectivity index is 2.07. The fraction of sp³-hybridized carbons (Fsp3) is 0.462. The van der Waals surface area contributed by atoms with Gasteiger partial charge in [-0.3, -0.25) is 4.79 Å². The Bertz CT molecular complexity index is 431. The van der Waals surface area contributed by atoms with Crippen LogP contribution in [0.5, 0.6) is 0 Å². The van der Waals surface area contributed by atoms with E-state index in [1.807, 2.05) is 12.1 Å². The van der Waals surface area contributed by atoms with Crippen molar-refractivity contribution in [1.82, 2.24) is 5.32 Å². The van der Waals surface area contributed by atoms with Crippen LogP contribution in [0.25, 0.3) is 0 Å². The van der Waals surface area contributed by atoms with Crippen molar-refractivity contribution in [3.05, 3.63) is 23.8 Å². The van der Waals surface area contributed by atoms with Crippen molar-refractivity contribution < 1.29 is 9.53 Å². The van der Waals surface area contributed by atoms with Gasteiger partial charge >= 0.3 is 0 Å². The second-order valence-electron chi connectivity index (χ2n) is 4.26. The summed E-state index contributed by atoms with van der Waals surface area (Å²) < 4.78 is 5.34. The van der Waals surface area contributed by atoms with Gasteiger partial charge in [0.1, 0.15) is 0 Å². The zero-order chi connectivity index (χ0) is 13.0. The van der Waals surface area contributed by atoms with Gasteiger partial charge in [-0.1, -0.05) is 0 Å². The number of nitrogens with two attached hydrogens (primary N) is 1. The monoisotopic (exact) mass is 266 g/mol. The Morgan fingerprint density at radius 3 is 2.78 bits per heavy atom. The fourth-order valence-corrected chi connectivity index (χ4v) is 3.04. The maximum atomic E-state index is 11.5. The molecule has 1 aliphatic heterocycles. The lowest BCUT2D eigenvalue weighted by atomic mass is 10.2. The number of hydrogen-bond acceptors (Lipinski definition) is 4. The number of carbonyl (C=O) groups excluding carboxylic acids is 1. The second-order valence-corrected chi connectivity index (χ2v) is 5.60. The van der Waals surface area contributed by atoms with Crippen molar-refractivity contribution in [1.29, 1.82) is 0 Å². The van der Waals surface area contributed by atoms with E-state index in [1.165, 1.54) is 0 Å². The molecule has 98 valence electrons. The first-order valence-corrected chi connectivity index (χ1v) is 6.94. The van der Waals surface area contributed by atoms with Crippen molar-refractivity contribution in [3.8, 4) is 0 Å². The predicted octanol–water partition coefficient (Wildman–Crippen LogP) is 1.90. The van der Waals surface area contributed by atoms with Gasteiger partial charge in [0.05, 0.1) is 0 Å². The molecule has 0 bridgehead atoms. The number of nitrogens with one attached hydrogen (secondary N) is 1. The highest BCUT2D eigenvalue weighted by Gasteiger charge is 2.16. The second kappa shape index (κ2) is 6.11. The Labute approximate surface area is 111 Å². The van der Waals surface area contributed by atoms with Gasteiger partial charge in [-0.25, -0.2) is 0 Å². The highest BCUT2D eigenvalue weighted by atomic mass is 32.2. The summed E-state index contributed by atoms with van der Waals surface area (Å²) in [6, 6.07) is 5.48. The third-order valence-electron chi connectivity index (χ3n) is 2.96. The molecule has 1 aliphatic rings. The first kappa shape index (κ1) is 13.2. The van der Waals surface area contributed by atoms with Gasteiger partial charge in [-0.2, -0.15) is 0 Å². The number of anilines is 1. The maximum Gasteiger partial charge on any atom is 0.251 e. The van der Waals surface area contributed by atoms with Crippen molar-refractivity contribution in [2.45, 2.75) is 23.0 Å². The molecule has 1 aromatic carbocycles. The third kappa shape index (κ3) is 3.17. The SMILES string of the molecule is CNC(=O)c1ccc(SC2CCOCC2)c(N)c1. The Morgan fingerprint density at radius 2 is 2.17 bits per heavy atom. The highest BCUT2D eigenvalue weighted by Crippen LogP contribution is 2.33. The smallest absolute Gasteiger partial charge is 0.251 e. The van der Waals surface area contributed by atoms with Crippen LogP contribution in [0.4, 0.5) is 5.69 Å². The van der Waals surface area contributed by atoms with Gasteiger partial charge in [0.15, 0.2) is 0 Å². The maximum absolute atomic E-state index is 11.5. The van der Waals surface area contributed by atoms with Crippen LogP contribution in [0.2, 0.25) is 0 Å². The Kier molecular flexibility index (Phi) is 4.49. The van der Waals surface area contributed by atoms with E-state index in [0.29, 0.717) is 16.5 Å². The molecule has 0 saturated carbocycles. The molecule has 4 nitrogen and oxygen atoms in total. The molecule has 1 fully saturated rings. The van der Waals surface area contributed by atoms with Gasteiger partial charge in [0, 0.05) is 41.7 Å². The highest BCUT2D eigenvalue weighted by molar-refractivity contribution is 8.00. The van der Waals surface area contributed by atoms with Crippen molar-refractivity contribution in [2.75, 3.05) is 26.0 Å². The van der Waals surface area contributed by atoms with E-state index >= 15 is 0 Å². The number of rotatable bonds is 3. The normalized spacial score (nSPS) is 16.5. The summed E-state index contributed by atoms with van der Waals surface area (Å²) in [4.78, 5) is 12.5. The molecule has 0 aliphatic carbocycles. The molecular formula is C13H18N2O2S.